The molecular formula is C16H32N2O. The van der Waals surface area contributed by atoms with Crippen LogP contribution in [0, 0.1) is 17.8 Å². The van der Waals surface area contributed by atoms with Crippen LogP contribution in [0.15, 0.2) is 0 Å². The second-order valence-corrected chi connectivity index (χ2v) is 6.35. The van der Waals surface area contributed by atoms with Gasteiger partial charge in [-0.15, -0.1) is 0 Å². The van der Waals surface area contributed by atoms with Crippen LogP contribution in [0.1, 0.15) is 65.7 Å². The summed E-state index contributed by atoms with van der Waals surface area (Å²) >= 11 is 0. The number of nitrogens with one attached hydrogen (secondary N) is 1. The molecule has 0 aliphatic heterocycles. The largest absolute Gasteiger partial charge is 0.356 e. The quantitative estimate of drug-likeness (QED) is 0.745. The van der Waals surface area contributed by atoms with Crippen molar-refractivity contribution < 1.29 is 4.79 Å². The van der Waals surface area contributed by atoms with Crippen LogP contribution in [-0.4, -0.2) is 18.5 Å². The lowest BCUT2D eigenvalue weighted by atomic mass is 9.78. The maximum Gasteiger partial charge on any atom is 0.224 e. The van der Waals surface area contributed by atoms with Crippen molar-refractivity contribution in [2.75, 3.05) is 6.54 Å². The highest BCUT2D eigenvalue weighted by atomic mass is 16.1. The van der Waals surface area contributed by atoms with Crippen molar-refractivity contribution in [3.05, 3.63) is 0 Å². The zero-order valence-corrected chi connectivity index (χ0v) is 13.0. The van der Waals surface area contributed by atoms with E-state index in [1.165, 1.54) is 25.7 Å². The van der Waals surface area contributed by atoms with Gasteiger partial charge >= 0.3 is 0 Å². The fourth-order valence-corrected chi connectivity index (χ4v) is 3.03. The summed E-state index contributed by atoms with van der Waals surface area (Å²) in [5.41, 5.74) is 6.10. The van der Waals surface area contributed by atoms with Crippen LogP contribution in [0.3, 0.4) is 0 Å². The molecule has 1 amide bonds. The highest BCUT2D eigenvalue weighted by Crippen LogP contribution is 2.28. The summed E-state index contributed by atoms with van der Waals surface area (Å²) in [7, 11) is 0. The van der Waals surface area contributed by atoms with Crippen molar-refractivity contribution in [3.8, 4) is 0 Å². The average Bonchev–Trinajstić information content (AvgIpc) is 2.41. The molecule has 0 saturated heterocycles. The Morgan fingerprint density at radius 2 is 2.11 bits per heavy atom. The summed E-state index contributed by atoms with van der Waals surface area (Å²) in [6.07, 6.45) is 7.97. The summed E-state index contributed by atoms with van der Waals surface area (Å²) in [5.74, 6) is 1.49. The van der Waals surface area contributed by atoms with Gasteiger partial charge in [-0.2, -0.15) is 0 Å². The molecule has 3 nitrogen and oxygen atoms in total. The van der Waals surface area contributed by atoms with Crippen molar-refractivity contribution in [1.82, 2.24) is 5.32 Å². The highest BCUT2D eigenvalue weighted by Gasteiger charge is 2.31. The first kappa shape index (κ1) is 16.5. The van der Waals surface area contributed by atoms with Crippen molar-refractivity contribution in [3.63, 3.8) is 0 Å². The van der Waals surface area contributed by atoms with E-state index in [9.17, 15) is 4.79 Å². The topological polar surface area (TPSA) is 55.1 Å². The lowest BCUT2D eigenvalue weighted by molar-refractivity contribution is -0.127. The Morgan fingerprint density at radius 3 is 2.74 bits per heavy atom. The van der Waals surface area contributed by atoms with Gasteiger partial charge in [-0.25, -0.2) is 0 Å². The zero-order chi connectivity index (χ0) is 14.3. The van der Waals surface area contributed by atoms with Crippen LogP contribution in [0.25, 0.3) is 0 Å². The van der Waals surface area contributed by atoms with E-state index in [4.69, 9.17) is 5.73 Å². The van der Waals surface area contributed by atoms with E-state index in [0.29, 0.717) is 11.8 Å². The molecule has 19 heavy (non-hydrogen) atoms. The van der Waals surface area contributed by atoms with Crippen LogP contribution < -0.4 is 11.1 Å². The van der Waals surface area contributed by atoms with Crippen LogP contribution in [-0.2, 0) is 4.79 Å². The van der Waals surface area contributed by atoms with Gasteiger partial charge in [0.15, 0.2) is 0 Å². The molecule has 1 saturated carbocycles. The molecule has 1 aliphatic carbocycles. The van der Waals surface area contributed by atoms with E-state index in [2.05, 4.69) is 26.1 Å². The van der Waals surface area contributed by atoms with Crippen LogP contribution in [0.5, 0.6) is 0 Å². The molecule has 1 fully saturated rings. The van der Waals surface area contributed by atoms with E-state index in [1.54, 1.807) is 0 Å². The van der Waals surface area contributed by atoms with E-state index in [-0.39, 0.29) is 17.9 Å². The first-order valence-corrected chi connectivity index (χ1v) is 8.11. The van der Waals surface area contributed by atoms with Crippen molar-refractivity contribution >= 4 is 5.91 Å². The van der Waals surface area contributed by atoms with Gasteiger partial charge in [0.25, 0.3) is 0 Å². The normalized spacial score (nSPS) is 28.9. The molecule has 0 aromatic heterocycles. The third-order valence-electron chi connectivity index (χ3n) is 4.61. The van der Waals surface area contributed by atoms with E-state index >= 15 is 0 Å². The fourth-order valence-electron chi connectivity index (χ4n) is 3.03. The number of hydrogen-bond donors (Lipinski definition) is 2. The highest BCUT2D eigenvalue weighted by molar-refractivity contribution is 5.79. The number of carbonyl (C=O) groups excluding carboxylic acids is 1. The minimum Gasteiger partial charge on any atom is -0.356 e. The van der Waals surface area contributed by atoms with Gasteiger partial charge in [-0.1, -0.05) is 40.0 Å². The predicted molar refractivity (Wildman–Crippen MR) is 80.8 cm³/mol. The monoisotopic (exact) mass is 268 g/mol. The standard InChI is InChI=1S/C16H32N2O/c1-4-6-7-13(5-2)11-18-16(19)14-10-12(3)8-9-15(14)17/h12-15H,4-11,17H2,1-3H3,(H,18,19). The van der Waals surface area contributed by atoms with Gasteiger partial charge in [-0.3, -0.25) is 4.79 Å². The van der Waals surface area contributed by atoms with Crippen molar-refractivity contribution in [2.24, 2.45) is 23.5 Å². The minimum atomic E-state index is 0.0347. The summed E-state index contributed by atoms with van der Waals surface area (Å²) in [6, 6.07) is 0.0620. The van der Waals surface area contributed by atoms with Crippen LogP contribution in [0.2, 0.25) is 0 Å². The molecule has 0 aromatic rings. The Kier molecular flexibility index (Phi) is 7.44. The summed E-state index contributed by atoms with van der Waals surface area (Å²) in [6.45, 7) is 7.48. The maximum atomic E-state index is 12.3. The molecule has 4 unspecified atom stereocenters. The fraction of sp³-hybridized carbons (Fsp3) is 0.938. The summed E-state index contributed by atoms with van der Waals surface area (Å²) in [4.78, 5) is 12.3. The van der Waals surface area contributed by atoms with Gasteiger partial charge in [0.2, 0.25) is 5.91 Å². The number of carbonyl (C=O) groups is 1. The molecule has 0 radical (unpaired) electrons. The van der Waals surface area contributed by atoms with Crippen molar-refractivity contribution in [1.29, 1.82) is 0 Å². The molecule has 1 aliphatic rings. The summed E-state index contributed by atoms with van der Waals surface area (Å²) in [5, 5.41) is 3.14. The molecule has 4 atom stereocenters. The number of unbranched alkanes of at least 4 members (excludes halogenated alkanes) is 1. The first-order chi connectivity index (χ1) is 9.08. The minimum absolute atomic E-state index is 0.0347. The number of hydrogen-bond acceptors (Lipinski definition) is 2. The Bertz CT molecular complexity index is 267. The maximum absolute atomic E-state index is 12.3. The average molecular weight is 268 g/mol. The zero-order valence-electron chi connectivity index (χ0n) is 13.0. The second-order valence-electron chi connectivity index (χ2n) is 6.35. The first-order valence-electron chi connectivity index (χ1n) is 8.11. The lowest BCUT2D eigenvalue weighted by Crippen LogP contribution is -2.46. The Balaban J connectivity index is 2.36. The lowest BCUT2D eigenvalue weighted by Gasteiger charge is -2.31. The number of amides is 1. The Hall–Kier alpha value is -0.570. The molecular weight excluding hydrogens is 236 g/mol. The van der Waals surface area contributed by atoms with E-state index < -0.39 is 0 Å². The number of rotatable bonds is 7. The van der Waals surface area contributed by atoms with Gasteiger partial charge in [0, 0.05) is 12.6 Å². The molecule has 3 heteroatoms. The van der Waals surface area contributed by atoms with Gasteiger partial charge in [0.05, 0.1) is 5.92 Å². The summed E-state index contributed by atoms with van der Waals surface area (Å²) < 4.78 is 0. The molecule has 0 heterocycles. The third kappa shape index (κ3) is 5.52. The smallest absolute Gasteiger partial charge is 0.224 e. The Morgan fingerprint density at radius 1 is 1.37 bits per heavy atom. The molecule has 1 rings (SSSR count). The van der Waals surface area contributed by atoms with Gasteiger partial charge in [0.1, 0.15) is 0 Å². The number of nitrogens with two attached hydrogens (primary N) is 1. The van der Waals surface area contributed by atoms with E-state index in [1.807, 2.05) is 0 Å². The molecule has 0 aromatic carbocycles. The van der Waals surface area contributed by atoms with Gasteiger partial charge in [-0.05, 0) is 37.5 Å². The molecule has 0 spiro atoms. The predicted octanol–water partition coefficient (Wildman–Crippen LogP) is 3.08. The van der Waals surface area contributed by atoms with E-state index in [0.717, 1.165) is 25.8 Å². The Labute approximate surface area is 118 Å². The van der Waals surface area contributed by atoms with Crippen LogP contribution in [0.4, 0.5) is 0 Å². The third-order valence-corrected chi connectivity index (χ3v) is 4.61. The molecule has 0 bridgehead atoms. The van der Waals surface area contributed by atoms with Crippen molar-refractivity contribution in [2.45, 2.75) is 71.8 Å². The molecule has 3 N–H and O–H groups in total. The molecule has 112 valence electrons. The second kappa shape index (κ2) is 8.57. The van der Waals surface area contributed by atoms with Gasteiger partial charge < -0.3 is 11.1 Å². The van der Waals surface area contributed by atoms with Crippen LogP contribution >= 0.6 is 0 Å². The SMILES string of the molecule is CCCCC(CC)CNC(=O)C1CC(C)CCC1N.